The number of carbonyl (C=O) groups is 2. The SMILES string of the molecule is C[C@H](Sc1nnc(CCC(N)=O)n1C)C(=O)Nc1ccc(F)cc1Cl. The van der Waals surface area contributed by atoms with Crippen LogP contribution in [-0.4, -0.2) is 31.8 Å². The minimum atomic E-state index is -0.493. The Bertz CT molecular complexity index is 798. The number of nitrogens with two attached hydrogens (primary N) is 1. The molecule has 1 aromatic carbocycles. The molecule has 134 valence electrons. The maximum atomic E-state index is 13.0. The predicted octanol–water partition coefficient (Wildman–Crippen LogP) is 2.14. The lowest BCUT2D eigenvalue weighted by molar-refractivity contribution is -0.118. The summed E-state index contributed by atoms with van der Waals surface area (Å²) in [6, 6.07) is 3.74. The summed E-state index contributed by atoms with van der Waals surface area (Å²) < 4.78 is 14.8. The second kappa shape index (κ2) is 8.30. The molecule has 0 aliphatic heterocycles. The van der Waals surface area contributed by atoms with Gasteiger partial charge in [-0.15, -0.1) is 10.2 Å². The van der Waals surface area contributed by atoms with Crippen LogP contribution in [0.4, 0.5) is 10.1 Å². The first-order chi connectivity index (χ1) is 11.8. The quantitative estimate of drug-likeness (QED) is 0.711. The van der Waals surface area contributed by atoms with Crippen molar-refractivity contribution >= 4 is 40.9 Å². The number of nitrogens with one attached hydrogen (secondary N) is 1. The number of carbonyl (C=O) groups excluding carboxylic acids is 2. The Kier molecular flexibility index (Phi) is 6.38. The molecule has 0 radical (unpaired) electrons. The van der Waals surface area contributed by atoms with E-state index >= 15 is 0 Å². The average molecular weight is 386 g/mol. The van der Waals surface area contributed by atoms with Crippen molar-refractivity contribution in [2.75, 3.05) is 5.32 Å². The van der Waals surface area contributed by atoms with Gasteiger partial charge in [-0.2, -0.15) is 0 Å². The summed E-state index contributed by atoms with van der Waals surface area (Å²) in [6.07, 6.45) is 0.556. The van der Waals surface area contributed by atoms with Crippen molar-refractivity contribution in [1.82, 2.24) is 14.8 Å². The second-order valence-electron chi connectivity index (χ2n) is 5.30. The zero-order valence-corrected chi connectivity index (χ0v) is 15.2. The molecule has 0 unspecified atom stereocenters. The number of hydrogen-bond donors (Lipinski definition) is 2. The van der Waals surface area contributed by atoms with E-state index in [0.717, 1.165) is 6.07 Å². The Morgan fingerprint density at radius 2 is 2.16 bits per heavy atom. The molecule has 10 heteroatoms. The molecule has 0 aliphatic carbocycles. The van der Waals surface area contributed by atoms with Crippen molar-refractivity contribution in [3.05, 3.63) is 34.9 Å². The Hall–Kier alpha value is -2.13. The van der Waals surface area contributed by atoms with Crippen molar-refractivity contribution in [2.24, 2.45) is 12.8 Å². The van der Waals surface area contributed by atoms with Gasteiger partial charge in [-0.3, -0.25) is 9.59 Å². The number of aromatic nitrogens is 3. The molecule has 1 aromatic heterocycles. The summed E-state index contributed by atoms with van der Waals surface area (Å²) in [5.41, 5.74) is 5.46. The third kappa shape index (κ3) is 5.17. The summed E-state index contributed by atoms with van der Waals surface area (Å²) in [4.78, 5) is 23.1. The van der Waals surface area contributed by atoms with Crippen LogP contribution >= 0.6 is 23.4 Å². The standard InChI is InChI=1S/C15H17ClFN5O2S/c1-8(14(24)19-11-4-3-9(17)7-10(11)16)25-15-21-20-13(22(15)2)6-5-12(18)23/h3-4,7-8H,5-6H2,1-2H3,(H2,18,23)(H,19,24)/t8-/m0/s1. The molecule has 0 saturated heterocycles. The van der Waals surface area contributed by atoms with Crippen LogP contribution in [0.2, 0.25) is 5.02 Å². The molecule has 1 heterocycles. The van der Waals surface area contributed by atoms with Gasteiger partial charge in [0.05, 0.1) is 16.0 Å². The van der Waals surface area contributed by atoms with E-state index in [1.165, 1.54) is 23.9 Å². The molecule has 0 bridgehead atoms. The fraction of sp³-hybridized carbons (Fsp3) is 0.333. The predicted molar refractivity (Wildman–Crippen MR) is 93.9 cm³/mol. The van der Waals surface area contributed by atoms with Crippen molar-refractivity contribution in [3.8, 4) is 0 Å². The topological polar surface area (TPSA) is 103 Å². The molecule has 0 fully saturated rings. The lowest BCUT2D eigenvalue weighted by atomic mass is 10.3. The number of thioether (sulfide) groups is 1. The van der Waals surface area contributed by atoms with E-state index in [1.54, 1.807) is 18.5 Å². The number of nitrogens with zero attached hydrogens (tertiary/aromatic N) is 3. The molecule has 2 aromatic rings. The molecule has 3 N–H and O–H groups in total. The molecule has 0 saturated carbocycles. The van der Waals surface area contributed by atoms with E-state index in [2.05, 4.69) is 15.5 Å². The van der Waals surface area contributed by atoms with Crippen molar-refractivity contribution < 1.29 is 14.0 Å². The Balaban J connectivity index is 2.00. The van der Waals surface area contributed by atoms with Gasteiger partial charge in [0.1, 0.15) is 11.6 Å². The maximum Gasteiger partial charge on any atom is 0.237 e. The van der Waals surface area contributed by atoms with E-state index < -0.39 is 17.0 Å². The highest BCUT2D eigenvalue weighted by Crippen LogP contribution is 2.26. The Labute approximate surface area is 153 Å². The minimum absolute atomic E-state index is 0.123. The van der Waals surface area contributed by atoms with Gasteiger partial charge in [-0.05, 0) is 25.1 Å². The van der Waals surface area contributed by atoms with Gasteiger partial charge in [0, 0.05) is 19.9 Å². The lowest BCUT2D eigenvalue weighted by Crippen LogP contribution is -2.23. The molecule has 2 amide bonds. The molecular weight excluding hydrogens is 369 g/mol. The highest BCUT2D eigenvalue weighted by Gasteiger charge is 2.20. The van der Waals surface area contributed by atoms with Gasteiger partial charge in [0.25, 0.3) is 0 Å². The third-order valence-corrected chi connectivity index (χ3v) is 4.81. The Morgan fingerprint density at radius 3 is 2.80 bits per heavy atom. The van der Waals surface area contributed by atoms with Gasteiger partial charge >= 0.3 is 0 Å². The summed E-state index contributed by atoms with van der Waals surface area (Å²) in [5.74, 6) is -0.593. The second-order valence-corrected chi connectivity index (χ2v) is 7.01. The summed E-state index contributed by atoms with van der Waals surface area (Å²) in [5, 5.41) is 10.8. The van der Waals surface area contributed by atoms with Gasteiger partial charge in [0.15, 0.2) is 5.16 Å². The maximum absolute atomic E-state index is 13.0. The number of aryl methyl sites for hydroxylation is 1. The van der Waals surface area contributed by atoms with Crippen LogP contribution in [0.1, 0.15) is 19.2 Å². The van der Waals surface area contributed by atoms with E-state index in [9.17, 15) is 14.0 Å². The summed E-state index contributed by atoms with van der Waals surface area (Å²) in [6.45, 7) is 1.70. The van der Waals surface area contributed by atoms with E-state index in [0.29, 0.717) is 23.1 Å². The smallest absolute Gasteiger partial charge is 0.237 e. The van der Waals surface area contributed by atoms with Crippen LogP contribution in [0.25, 0.3) is 0 Å². The van der Waals surface area contributed by atoms with Gasteiger partial charge in [-0.1, -0.05) is 23.4 Å². The number of rotatable bonds is 7. The van der Waals surface area contributed by atoms with Crippen LogP contribution < -0.4 is 11.1 Å². The van der Waals surface area contributed by atoms with Crippen LogP contribution in [0.5, 0.6) is 0 Å². The van der Waals surface area contributed by atoms with Gasteiger partial charge in [0.2, 0.25) is 11.8 Å². The lowest BCUT2D eigenvalue weighted by Gasteiger charge is -2.12. The number of anilines is 1. The zero-order chi connectivity index (χ0) is 18.6. The minimum Gasteiger partial charge on any atom is -0.370 e. The van der Waals surface area contributed by atoms with E-state index in [4.69, 9.17) is 17.3 Å². The van der Waals surface area contributed by atoms with Crippen LogP contribution in [-0.2, 0) is 23.1 Å². The van der Waals surface area contributed by atoms with Crippen molar-refractivity contribution in [3.63, 3.8) is 0 Å². The van der Waals surface area contributed by atoms with Crippen molar-refractivity contribution in [2.45, 2.75) is 30.2 Å². The normalized spacial score (nSPS) is 12.0. The number of primary amides is 1. The molecule has 1 atom stereocenters. The Morgan fingerprint density at radius 1 is 1.44 bits per heavy atom. The highest BCUT2D eigenvalue weighted by atomic mass is 35.5. The fourth-order valence-electron chi connectivity index (χ4n) is 1.94. The molecule has 0 aliphatic rings. The third-order valence-electron chi connectivity index (χ3n) is 3.36. The first-order valence-electron chi connectivity index (χ1n) is 7.37. The zero-order valence-electron chi connectivity index (χ0n) is 13.6. The fourth-order valence-corrected chi connectivity index (χ4v) is 2.99. The number of amides is 2. The van der Waals surface area contributed by atoms with Crippen LogP contribution in [0, 0.1) is 5.82 Å². The summed E-state index contributed by atoms with van der Waals surface area (Å²) in [7, 11) is 1.75. The monoisotopic (exact) mass is 385 g/mol. The molecule has 7 nitrogen and oxygen atoms in total. The largest absolute Gasteiger partial charge is 0.370 e. The van der Waals surface area contributed by atoms with Gasteiger partial charge < -0.3 is 15.6 Å². The first kappa shape index (κ1) is 19.2. The van der Waals surface area contributed by atoms with Crippen LogP contribution in [0.15, 0.2) is 23.4 Å². The number of hydrogen-bond acceptors (Lipinski definition) is 5. The molecule has 25 heavy (non-hydrogen) atoms. The number of halogens is 2. The van der Waals surface area contributed by atoms with Crippen molar-refractivity contribution in [1.29, 1.82) is 0 Å². The van der Waals surface area contributed by atoms with E-state index in [-0.39, 0.29) is 17.4 Å². The summed E-state index contributed by atoms with van der Waals surface area (Å²) >= 11 is 7.11. The molecular formula is C15H17ClFN5O2S. The van der Waals surface area contributed by atoms with Gasteiger partial charge in [-0.25, -0.2) is 4.39 Å². The highest BCUT2D eigenvalue weighted by molar-refractivity contribution is 8.00. The molecule has 0 spiro atoms. The van der Waals surface area contributed by atoms with E-state index in [1.807, 2.05) is 0 Å². The van der Waals surface area contributed by atoms with Crippen LogP contribution in [0.3, 0.4) is 0 Å². The number of benzene rings is 1. The first-order valence-corrected chi connectivity index (χ1v) is 8.63. The molecule has 2 rings (SSSR count). The average Bonchev–Trinajstić information content (AvgIpc) is 2.88.